The van der Waals surface area contributed by atoms with Gasteiger partial charge in [0.25, 0.3) is 0 Å². The summed E-state index contributed by atoms with van der Waals surface area (Å²) in [5, 5.41) is -0.131. The van der Waals surface area contributed by atoms with Gasteiger partial charge in [0.05, 0.1) is 7.11 Å². The molecule has 0 N–H and O–H groups in total. The number of halogens is 2. The highest BCUT2D eigenvalue weighted by Crippen LogP contribution is 2.21. The van der Waals surface area contributed by atoms with E-state index in [-0.39, 0.29) is 17.6 Å². The maximum absolute atomic E-state index is 11.9. The van der Waals surface area contributed by atoms with E-state index >= 15 is 0 Å². The van der Waals surface area contributed by atoms with Gasteiger partial charge in [-0.2, -0.15) is 0 Å². The Labute approximate surface area is 113 Å². The minimum atomic E-state index is -2.21. The molecule has 1 unspecified atom stereocenters. The Hall–Kier alpha value is -0.320. The van der Waals surface area contributed by atoms with E-state index in [1.807, 2.05) is 0 Å². The number of carbonyl (C=O) groups is 1. The van der Waals surface area contributed by atoms with Crippen LogP contribution in [0.15, 0.2) is 0 Å². The quantitative estimate of drug-likeness (QED) is 0.418. The Balaban J connectivity index is 3.76. The second-order valence-corrected chi connectivity index (χ2v) is 5.58. The fourth-order valence-corrected chi connectivity index (χ4v) is 2.83. The van der Waals surface area contributed by atoms with Gasteiger partial charge in [-0.3, -0.25) is 4.79 Å². The predicted molar refractivity (Wildman–Crippen MR) is 72.3 cm³/mol. The van der Waals surface area contributed by atoms with Crippen LogP contribution in [0.1, 0.15) is 51.9 Å². The topological polar surface area (TPSA) is 26.3 Å². The molecule has 0 amide bonds. The molecule has 18 heavy (non-hydrogen) atoms. The molecule has 0 spiro atoms. The van der Waals surface area contributed by atoms with Crippen molar-refractivity contribution in [1.29, 1.82) is 0 Å². The minimum absolute atomic E-state index is 0.0424. The van der Waals surface area contributed by atoms with Gasteiger partial charge in [0, 0.05) is 6.42 Å². The standard InChI is InChI=1S/C13H24F2O2S/c1-3-4-5-8-11(13(16)17-2)18-10-7-6-9-12(14)15/h11-12H,3-10H2,1-2H3. The van der Waals surface area contributed by atoms with E-state index < -0.39 is 6.43 Å². The number of unbranched alkanes of at least 4 members (excludes halogenated alkanes) is 3. The fraction of sp³-hybridized carbons (Fsp3) is 0.923. The lowest BCUT2D eigenvalue weighted by molar-refractivity contribution is -0.140. The van der Waals surface area contributed by atoms with Crippen molar-refractivity contribution in [2.24, 2.45) is 0 Å². The molecule has 0 bridgehead atoms. The molecule has 1 atom stereocenters. The van der Waals surface area contributed by atoms with Crippen molar-refractivity contribution in [3.05, 3.63) is 0 Å². The summed E-state index contributed by atoms with van der Waals surface area (Å²) in [5.74, 6) is 0.559. The van der Waals surface area contributed by atoms with Gasteiger partial charge in [-0.1, -0.05) is 26.2 Å². The molecule has 5 heteroatoms. The first-order chi connectivity index (χ1) is 8.61. The van der Waals surface area contributed by atoms with E-state index in [0.29, 0.717) is 6.42 Å². The highest BCUT2D eigenvalue weighted by atomic mass is 32.2. The van der Waals surface area contributed by atoms with E-state index in [2.05, 4.69) is 6.92 Å². The molecule has 0 aromatic carbocycles. The van der Waals surface area contributed by atoms with Crippen LogP contribution in [-0.4, -0.2) is 30.5 Å². The molecule has 0 saturated carbocycles. The highest BCUT2D eigenvalue weighted by molar-refractivity contribution is 8.00. The average molecular weight is 282 g/mol. The third kappa shape index (κ3) is 9.68. The normalized spacial score (nSPS) is 12.7. The lowest BCUT2D eigenvalue weighted by Crippen LogP contribution is -2.19. The number of rotatable bonds is 11. The average Bonchev–Trinajstić information content (AvgIpc) is 2.35. The van der Waals surface area contributed by atoms with Crippen LogP contribution in [-0.2, 0) is 9.53 Å². The van der Waals surface area contributed by atoms with Crippen LogP contribution in [0, 0.1) is 0 Å². The number of alkyl halides is 2. The van der Waals surface area contributed by atoms with Gasteiger partial charge < -0.3 is 4.74 Å². The molecule has 0 aliphatic carbocycles. The number of esters is 1. The maximum atomic E-state index is 11.9. The number of ether oxygens (including phenoxy) is 1. The predicted octanol–water partition coefficient (Wildman–Crippen LogP) is 4.28. The maximum Gasteiger partial charge on any atom is 0.318 e. The van der Waals surface area contributed by atoms with Gasteiger partial charge in [0.2, 0.25) is 6.43 Å². The smallest absolute Gasteiger partial charge is 0.318 e. The first-order valence-electron chi connectivity index (χ1n) is 6.59. The Morgan fingerprint density at radius 2 is 1.83 bits per heavy atom. The molecule has 0 aromatic heterocycles. The van der Waals surface area contributed by atoms with Gasteiger partial charge in [-0.15, -0.1) is 11.8 Å². The van der Waals surface area contributed by atoms with Gasteiger partial charge in [0.1, 0.15) is 5.25 Å². The number of hydrogen-bond acceptors (Lipinski definition) is 3. The zero-order valence-corrected chi connectivity index (χ0v) is 12.1. The van der Waals surface area contributed by atoms with Crippen molar-refractivity contribution in [1.82, 2.24) is 0 Å². The summed E-state index contributed by atoms with van der Waals surface area (Å²) in [7, 11) is 1.40. The van der Waals surface area contributed by atoms with E-state index in [4.69, 9.17) is 4.74 Å². The Morgan fingerprint density at radius 3 is 2.39 bits per heavy atom. The number of methoxy groups -OCH3 is 1. The summed E-state index contributed by atoms with van der Waals surface area (Å²) in [6, 6.07) is 0. The van der Waals surface area contributed by atoms with Crippen LogP contribution in [0.4, 0.5) is 8.78 Å². The summed E-state index contributed by atoms with van der Waals surface area (Å²) in [6.45, 7) is 2.12. The minimum Gasteiger partial charge on any atom is -0.468 e. The van der Waals surface area contributed by atoms with Crippen LogP contribution in [0.25, 0.3) is 0 Å². The zero-order valence-electron chi connectivity index (χ0n) is 11.3. The third-order valence-corrected chi connectivity index (χ3v) is 4.02. The zero-order chi connectivity index (χ0) is 13.8. The highest BCUT2D eigenvalue weighted by Gasteiger charge is 2.18. The van der Waals surface area contributed by atoms with Gasteiger partial charge in [-0.25, -0.2) is 8.78 Å². The first-order valence-corrected chi connectivity index (χ1v) is 7.64. The van der Waals surface area contributed by atoms with Gasteiger partial charge >= 0.3 is 5.97 Å². The number of thioether (sulfide) groups is 1. The molecule has 0 aromatic rings. The summed E-state index contributed by atoms with van der Waals surface area (Å²) >= 11 is 1.54. The summed E-state index contributed by atoms with van der Waals surface area (Å²) in [5.41, 5.74) is 0. The monoisotopic (exact) mass is 282 g/mol. The number of hydrogen-bond donors (Lipinski definition) is 0. The van der Waals surface area contributed by atoms with Crippen LogP contribution in [0.3, 0.4) is 0 Å². The van der Waals surface area contributed by atoms with E-state index in [9.17, 15) is 13.6 Å². The molecule has 0 fully saturated rings. The van der Waals surface area contributed by atoms with Crippen molar-refractivity contribution in [2.75, 3.05) is 12.9 Å². The van der Waals surface area contributed by atoms with E-state index in [1.165, 1.54) is 18.9 Å². The first kappa shape index (κ1) is 17.7. The second kappa shape index (κ2) is 11.8. The molecule has 0 rings (SSSR count). The fourth-order valence-electron chi connectivity index (χ4n) is 1.61. The van der Waals surface area contributed by atoms with E-state index in [1.54, 1.807) is 0 Å². The molecular formula is C13H24F2O2S. The van der Waals surface area contributed by atoms with Crippen molar-refractivity contribution >= 4 is 17.7 Å². The van der Waals surface area contributed by atoms with Crippen molar-refractivity contribution in [3.63, 3.8) is 0 Å². The molecular weight excluding hydrogens is 258 g/mol. The molecule has 0 saturated heterocycles. The third-order valence-electron chi connectivity index (χ3n) is 2.67. The Kier molecular flexibility index (Phi) is 11.5. The largest absolute Gasteiger partial charge is 0.468 e. The van der Waals surface area contributed by atoms with Crippen LogP contribution in [0.5, 0.6) is 0 Å². The van der Waals surface area contributed by atoms with Crippen LogP contribution < -0.4 is 0 Å². The molecule has 0 aliphatic rings. The van der Waals surface area contributed by atoms with Crippen LogP contribution in [0.2, 0.25) is 0 Å². The Bertz CT molecular complexity index is 213. The molecule has 0 radical (unpaired) electrons. The SMILES string of the molecule is CCCCCC(SCCCCC(F)F)C(=O)OC. The van der Waals surface area contributed by atoms with Crippen molar-refractivity contribution in [2.45, 2.75) is 63.5 Å². The molecule has 2 nitrogen and oxygen atoms in total. The van der Waals surface area contributed by atoms with Crippen molar-refractivity contribution < 1.29 is 18.3 Å². The van der Waals surface area contributed by atoms with Gasteiger partial charge in [0.15, 0.2) is 0 Å². The Morgan fingerprint density at radius 1 is 1.17 bits per heavy atom. The molecule has 108 valence electrons. The van der Waals surface area contributed by atoms with Crippen LogP contribution >= 0.6 is 11.8 Å². The van der Waals surface area contributed by atoms with Crippen molar-refractivity contribution in [3.8, 4) is 0 Å². The summed E-state index contributed by atoms with van der Waals surface area (Å²) in [6.07, 6.45) is 3.06. The lowest BCUT2D eigenvalue weighted by atomic mass is 10.1. The molecule has 0 heterocycles. The number of carbonyl (C=O) groups excluding carboxylic acids is 1. The second-order valence-electron chi connectivity index (χ2n) is 4.27. The summed E-state index contributed by atoms with van der Waals surface area (Å²) < 4.78 is 28.6. The van der Waals surface area contributed by atoms with E-state index in [0.717, 1.165) is 37.9 Å². The van der Waals surface area contributed by atoms with Gasteiger partial charge in [-0.05, 0) is 25.0 Å². The lowest BCUT2D eigenvalue weighted by Gasteiger charge is -2.13. The summed E-state index contributed by atoms with van der Waals surface area (Å²) in [4.78, 5) is 11.5. The molecule has 0 aliphatic heterocycles.